The number of H-pyrrole nitrogens is 1. The highest BCUT2D eigenvalue weighted by molar-refractivity contribution is 7.13. The first-order valence-corrected chi connectivity index (χ1v) is 6.41. The van der Waals surface area contributed by atoms with E-state index in [1.54, 1.807) is 7.05 Å². The third-order valence-electron chi connectivity index (χ3n) is 2.43. The van der Waals surface area contributed by atoms with Crippen LogP contribution in [0.3, 0.4) is 0 Å². The Balaban J connectivity index is 0.00000180. The fraction of sp³-hybridized carbons (Fsp3) is 0.308. The van der Waals surface area contributed by atoms with Crippen molar-refractivity contribution in [2.45, 2.75) is 20.8 Å². The van der Waals surface area contributed by atoms with E-state index in [4.69, 9.17) is 0 Å². The van der Waals surface area contributed by atoms with Crippen LogP contribution >= 0.6 is 11.5 Å². The zero-order valence-electron chi connectivity index (χ0n) is 10.2. The zero-order valence-corrected chi connectivity index (χ0v) is 11.0. The van der Waals surface area contributed by atoms with E-state index < -0.39 is 0 Å². The summed E-state index contributed by atoms with van der Waals surface area (Å²) in [5, 5.41) is 3.93. The molecule has 2 rings (SSSR count). The number of rotatable bonds is 3. The van der Waals surface area contributed by atoms with E-state index in [0.29, 0.717) is 0 Å². The summed E-state index contributed by atoms with van der Waals surface area (Å²) in [5.74, 6) is 0.836. The van der Waals surface area contributed by atoms with Gasteiger partial charge in [0.2, 0.25) is 0 Å². The molecule has 0 aliphatic heterocycles. The van der Waals surface area contributed by atoms with E-state index in [1.165, 1.54) is 17.9 Å². The van der Waals surface area contributed by atoms with Crippen molar-refractivity contribution < 1.29 is 0 Å². The van der Waals surface area contributed by atoms with Crippen LogP contribution in [0.5, 0.6) is 0 Å². The lowest BCUT2D eigenvalue weighted by Gasteiger charge is -2.06. The van der Waals surface area contributed by atoms with Gasteiger partial charge in [0.05, 0.1) is 10.1 Å². The summed E-state index contributed by atoms with van der Waals surface area (Å²) in [4.78, 5) is 19.4. The Bertz CT molecular complexity index is 654. The molecule has 0 bridgehead atoms. The van der Waals surface area contributed by atoms with Crippen LogP contribution in [0.15, 0.2) is 33.0 Å². The second-order valence-electron chi connectivity index (χ2n) is 3.67. The van der Waals surface area contributed by atoms with Crippen molar-refractivity contribution in [1.82, 2.24) is 4.37 Å². The lowest BCUT2D eigenvalue weighted by molar-refractivity contribution is 1.26. The summed E-state index contributed by atoms with van der Waals surface area (Å²) in [6, 6.07) is 5.62. The number of aromatic amines is 1. The maximum absolute atomic E-state index is 11.4. The molecule has 0 radical (unpaired) electrons. The van der Waals surface area contributed by atoms with Crippen molar-refractivity contribution in [2.24, 2.45) is 9.98 Å². The normalized spacial score (nSPS) is 11.8. The summed E-state index contributed by atoms with van der Waals surface area (Å²) in [5.41, 5.74) is 0.881. The van der Waals surface area contributed by atoms with Gasteiger partial charge in [-0.15, -0.1) is 0 Å². The fourth-order valence-electron chi connectivity index (χ4n) is 1.53. The molecule has 0 spiro atoms. The Labute approximate surface area is 116 Å². The molecule has 5 nitrogen and oxygen atoms in total. The first-order chi connectivity index (χ1) is 8.74. The number of nitrogens with one attached hydrogen (secondary N) is 2. The van der Waals surface area contributed by atoms with E-state index >= 15 is 0 Å². The van der Waals surface area contributed by atoms with Gasteiger partial charge in [-0.25, -0.2) is 4.99 Å². The molecule has 1 aromatic heterocycles. The van der Waals surface area contributed by atoms with E-state index in [1.807, 2.05) is 25.1 Å². The molecule has 0 amide bonds. The van der Waals surface area contributed by atoms with Crippen LogP contribution in [0.1, 0.15) is 20.8 Å². The van der Waals surface area contributed by atoms with Crippen molar-refractivity contribution in [3.8, 4) is 0 Å². The minimum absolute atomic E-state index is 0. The molecule has 102 valence electrons. The smallest absolute Gasteiger partial charge is 0.265 e. The molecule has 0 unspecified atom stereocenters. The standard InChI is InChI=1S/C12H14N4OS.CH4/c1-3-11(14-7-13-2)15-8-4-5-9-10(6-8)18-16-12(9)17;/h4-7H,3H2,1-2H3,(H,16,17)(H,13,14,15);1H4. The highest BCUT2D eigenvalue weighted by Gasteiger charge is 2.03. The minimum Gasteiger partial charge on any atom is -0.344 e. The molecule has 0 aliphatic rings. The SMILES string of the molecule is C.CCC(=NC=NC)Nc1ccc2c(=O)[nH]sc2c1. The predicted molar refractivity (Wildman–Crippen MR) is 84.9 cm³/mol. The van der Waals surface area contributed by atoms with E-state index in [0.717, 1.165) is 28.0 Å². The molecule has 19 heavy (non-hydrogen) atoms. The van der Waals surface area contributed by atoms with Crippen molar-refractivity contribution >= 4 is 39.5 Å². The molecule has 0 saturated heterocycles. The number of fused-ring (bicyclic) bond motifs is 1. The molecule has 0 aliphatic carbocycles. The van der Waals surface area contributed by atoms with Gasteiger partial charge in [-0.05, 0) is 18.2 Å². The lowest BCUT2D eigenvalue weighted by Crippen LogP contribution is -2.10. The first kappa shape index (κ1) is 15.1. The Kier molecular flexibility index (Phi) is 5.44. The van der Waals surface area contributed by atoms with Crippen LogP contribution in [-0.2, 0) is 0 Å². The van der Waals surface area contributed by atoms with Crippen molar-refractivity contribution in [3.63, 3.8) is 0 Å². The number of amidine groups is 1. The van der Waals surface area contributed by atoms with Gasteiger partial charge in [0, 0.05) is 19.2 Å². The highest BCUT2D eigenvalue weighted by Crippen LogP contribution is 2.19. The van der Waals surface area contributed by atoms with Gasteiger partial charge in [-0.2, -0.15) is 0 Å². The number of aromatic nitrogens is 1. The third-order valence-corrected chi connectivity index (χ3v) is 3.28. The van der Waals surface area contributed by atoms with Gasteiger partial charge in [-0.3, -0.25) is 14.2 Å². The van der Waals surface area contributed by atoms with Crippen LogP contribution in [0.2, 0.25) is 0 Å². The second kappa shape index (κ2) is 6.84. The number of anilines is 1. The highest BCUT2D eigenvalue weighted by atomic mass is 32.1. The molecule has 0 fully saturated rings. The number of hydrogen-bond donors (Lipinski definition) is 2. The summed E-state index contributed by atoms with van der Waals surface area (Å²) in [6.45, 7) is 2.02. The van der Waals surface area contributed by atoms with Gasteiger partial charge >= 0.3 is 0 Å². The van der Waals surface area contributed by atoms with Gasteiger partial charge in [0.25, 0.3) is 5.56 Å². The molecular formula is C13H18N4OS. The fourth-order valence-corrected chi connectivity index (χ4v) is 2.30. The van der Waals surface area contributed by atoms with Crippen molar-refractivity contribution in [1.29, 1.82) is 0 Å². The number of benzene rings is 1. The molecular weight excluding hydrogens is 260 g/mol. The second-order valence-corrected chi connectivity index (χ2v) is 4.52. The quantitative estimate of drug-likeness (QED) is 0.669. The minimum atomic E-state index is -0.0379. The topological polar surface area (TPSA) is 69.6 Å². The first-order valence-electron chi connectivity index (χ1n) is 5.60. The van der Waals surface area contributed by atoms with Crippen molar-refractivity contribution in [3.05, 3.63) is 28.6 Å². The monoisotopic (exact) mass is 278 g/mol. The summed E-state index contributed by atoms with van der Waals surface area (Å²) < 4.78 is 3.65. The molecule has 1 aromatic carbocycles. The average molecular weight is 278 g/mol. The molecule has 2 N–H and O–H groups in total. The Morgan fingerprint density at radius 3 is 3.00 bits per heavy atom. The Morgan fingerprint density at radius 2 is 2.32 bits per heavy atom. The number of hydrogen-bond acceptors (Lipinski definition) is 3. The van der Waals surface area contributed by atoms with Crippen LogP contribution in [0, 0.1) is 0 Å². The number of aliphatic imine (C=N–C) groups is 2. The largest absolute Gasteiger partial charge is 0.344 e. The van der Waals surface area contributed by atoms with Gasteiger partial charge in [0.1, 0.15) is 12.2 Å². The van der Waals surface area contributed by atoms with Crippen LogP contribution < -0.4 is 10.9 Å². The summed E-state index contributed by atoms with van der Waals surface area (Å²) >= 11 is 1.34. The average Bonchev–Trinajstić information content (AvgIpc) is 2.76. The van der Waals surface area contributed by atoms with E-state index in [9.17, 15) is 4.79 Å². The van der Waals surface area contributed by atoms with Crippen LogP contribution in [-0.4, -0.2) is 23.6 Å². The zero-order chi connectivity index (χ0) is 13.0. The Hall–Kier alpha value is -1.95. The Morgan fingerprint density at radius 1 is 1.53 bits per heavy atom. The molecule has 1 heterocycles. The van der Waals surface area contributed by atoms with Gasteiger partial charge in [-0.1, -0.05) is 25.9 Å². The predicted octanol–water partition coefficient (Wildman–Crippen LogP) is 3.10. The number of nitrogens with zero attached hydrogens (tertiary/aromatic N) is 2. The van der Waals surface area contributed by atoms with E-state index in [2.05, 4.69) is 19.7 Å². The molecule has 0 atom stereocenters. The lowest BCUT2D eigenvalue weighted by atomic mass is 10.2. The summed E-state index contributed by atoms with van der Waals surface area (Å²) in [7, 11) is 1.68. The van der Waals surface area contributed by atoms with Crippen LogP contribution in [0.25, 0.3) is 10.1 Å². The van der Waals surface area contributed by atoms with Gasteiger partial charge in [0.15, 0.2) is 0 Å². The van der Waals surface area contributed by atoms with Crippen LogP contribution in [0.4, 0.5) is 5.69 Å². The molecule has 2 aromatic rings. The van der Waals surface area contributed by atoms with E-state index in [-0.39, 0.29) is 13.0 Å². The van der Waals surface area contributed by atoms with Gasteiger partial charge < -0.3 is 5.32 Å². The molecule has 6 heteroatoms. The third kappa shape index (κ3) is 3.51. The maximum Gasteiger partial charge on any atom is 0.265 e. The molecule has 0 saturated carbocycles. The maximum atomic E-state index is 11.4. The summed E-state index contributed by atoms with van der Waals surface area (Å²) in [6.07, 6.45) is 2.30. The van der Waals surface area contributed by atoms with Crippen molar-refractivity contribution in [2.75, 3.05) is 12.4 Å².